The lowest BCUT2D eigenvalue weighted by Gasteiger charge is -2.38. The third-order valence-corrected chi connectivity index (χ3v) is 4.33. The fourth-order valence-electron chi connectivity index (χ4n) is 3.44. The van der Waals surface area contributed by atoms with Gasteiger partial charge in [0, 0.05) is 31.3 Å². The summed E-state index contributed by atoms with van der Waals surface area (Å²) < 4.78 is 5.29. The van der Waals surface area contributed by atoms with Crippen molar-refractivity contribution in [3.05, 3.63) is 0 Å². The fraction of sp³-hybridized carbons (Fsp3) is 1.00. The summed E-state index contributed by atoms with van der Waals surface area (Å²) in [5.74, 6) is 0. The first kappa shape index (κ1) is 14.3. The number of nitrogens with one attached hydrogen (secondary N) is 1. The van der Waals surface area contributed by atoms with Gasteiger partial charge in [-0.15, -0.1) is 0 Å². The highest BCUT2D eigenvalue weighted by molar-refractivity contribution is 4.95. The Balaban J connectivity index is 1.80. The van der Waals surface area contributed by atoms with E-state index in [9.17, 15) is 5.11 Å². The molecule has 0 radical (unpaired) electrons. The number of aliphatic hydroxyl groups is 1. The lowest BCUT2D eigenvalue weighted by molar-refractivity contribution is 0.00804. The van der Waals surface area contributed by atoms with Crippen LogP contribution < -0.4 is 5.32 Å². The zero-order valence-electron chi connectivity index (χ0n) is 11.8. The molecule has 0 aliphatic carbocycles. The molecule has 3 unspecified atom stereocenters. The molecule has 3 atom stereocenters. The molecule has 0 amide bonds. The summed E-state index contributed by atoms with van der Waals surface area (Å²) in [5.41, 5.74) is 0. The van der Waals surface area contributed by atoms with Gasteiger partial charge in [0.05, 0.1) is 12.7 Å². The van der Waals surface area contributed by atoms with E-state index in [2.05, 4.69) is 17.1 Å². The molecule has 0 aromatic rings. The smallest absolute Gasteiger partial charge is 0.0900 e. The Bertz CT molecular complexity index is 238. The van der Waals surface area contributed by atoms with Crippen molar-refractivity contribution in [1.82, 2.24) is 10.2 Å². The average molecular weight is 256 g/mol. The van der Waals surface area contributed by atoms with Gasteiger partial charge in [0.25, 0.3) is 0 Å². The van der Waals surface area contributed by atoms with Crippen LogP contribution in [0.3, 0.4) is 0 Å². The van der Waals surface area contributed by atoms with E-state index in [1.165, 1.54) is 25.7 Å². The zero-order valence-corrected chi connectivity index (χ0v) is 11.8. The molecule has 2 fully saturated rings. The van der Waals surface area contributed by atoms with Crippen molar-refractivity contribution in [2.75, 3.05) is 26.3 Å². The van der Waals surface area contributed by atoms with Crippen LogP contribution in [0, 0.1) is 0 Å². The van der Waals surface area contributed by atoms with Crippen molar-refractivity contribution < 1.29 is 9.84 Å². The molecule has 4 heteroatoms. The highest BCUT2D eigenvalue weighted by Crippen LogP contribution is 2.29. The first-order valence-corrected chi connectivity index (χ1v) is 7.48. The van der Waals surface area contributed by atoms with Gasteiger partial charge in [-0.3, -0.25) is 4.90 Å². The van der Waals surface area contributed by atoms with Gasteiger partial charge in [-0.25, -0.2) is 0 Å². The molecule has 0 spiro atoms. The molecule has 2 saturated heterocycles. The predicted octanol–water partition coefficient (Wildman–Crippen LogP) is 0.989. The molecule has 0 saturated carbocycles. The van der Waals surface area contributed by atoms with Gasteiger partial charge in [-0.2, -0.15) is 0 Å². The van der Waals surface area contributed by atoms with Gasteiger partial charge >= 0.3 is 0 Å². The number of hydrogen-bond donors (Lipinski definition) is 2. The SMILES string of the molecule is CCOCC(O)CN(CC)C1CC2CCC(C1)N2. The molecule has 2 N–H and O–H groups in total. The number of aliphatic hydroxyl groups excluding tert-OH is 1. The minimum Gasteiger partial charge on any atom is -0.389 e. The minimum atomic E-state index is -0.350. The third-order valence-electron chi connectivity index (χ3n) is 4.33. The highest BCUT2D eigenvalue weighted by atomic mass is 16.5. The van der Waals surface area contributed by atoms with E-state index in [0.29, 0.717) is 31.3 Å². The zero-order chi connectivity index (χ0) is 13.0. The van der Waals surface area contributed by atoms with Crippen molar-refractivity contribution >= 4 is 0 Å². The Morgan fingerprint density at radius 3 is 2.50 bits per heavy atom. The van der Waals surface area contributed by atoms with Crippen LogP contribution in [-0.4, -0.2) is 60.5 Å². The number of piperidine rings is 1. The first-order valence-electron chi connectivity index (χ1n) is 7.48. The maximum absolute atomic E-state index is 9.98. The van der Waals surface area contributed by atoms with Crippen LogP contribution in [0.4, 0.5) is 0 Å². The van der Waals surface area contributed by atoms with Crippen LogP contribution in [0.2, 0.25) is 0 Å². The van der Waals surface area contributed by atoms with E-state index < -0.39 is 0 Å². The number of rotatable bonds is 7. The number of nitrogens with zero attached hydrogens (tertiary/aromatic N) is 1. The van der Waals surface area contributed by atoms with Crippen LogP contribution in [0.15, 0.2) is 0 Å². The summed E-state index contributed by atoms with van der Waals surface area (Å²) in [4.78, 5) is 2.44. The largest absolute Gasteiger partial charge is 0.389 e. The van der Waals surface area contributed by atoms with Crippen molar-refractivity contribution in [3.8, 4) is 0 Å². The van der Waals surface area contributed by atoms with Gasteiger partial charge < -0.3 is 15.2 Å². The molecule has 2 heterocycles. The molecular formula is C14H28N2O2. The Morgan fingerprint density at radius 1 is 1.28 bits per heavy atom. The molecule has 2 bridgehead atoms. The third kappa shape index (κ3) is 3.67. The molecule has 106 valence electrons. The standard InChI is InChI=1S/C14H28N2O2/c1-3-16(9-14(17)10-18-4-2)13-7-11-5-6-12(8-13)15-11/h11-15,17H,3-10H2,1-2H3. The van der Waals surface area contributed by atoms with E-state index in [4.69, 9.17) is 4.74 Å². The maximum atomic E-state index is 9.98. The monoisotopic (exact) mass is 256 g/mol. The van der Waals surface area contributed by atoms with Gasteiger partial charge in [-0.1, -0.05) is 6.92 Å². The molecule has 18 heavy (non-hydrogen) atoms. The highest BCUT2D eigenvalue weighted by Gasteiger charge is 2.35. The Kier molecular flexibility index (Phi) is 5.42. The summed E-state index contributed by atoms with van der Waals surface area (Å²) >= 11 is 0. The summed E-state index contributed by atoms with van der Waals surface area (Å²) in [6.07, 6.45) is 4.80. The summed E-state index contributed by atoms with van der Waals surface area (Å²) in [5, 5.41) is 13.7. The molecular weight excluding hydrogens is 228 g/mol. The van der Waals surface area contributed by atoms with Crippen LogP contribution in [0.25, 0.3) is 0 Å². The normalized spacial score (nSPS) is 33.0. The Labute approximate surface area is 111 Å². The lowest BCUT2D eigenvalue weighted by Crippen LogP contribution is -2.50. The average Bonchev–Trinajstić information content (AvgIpc) is 2.72. The molecule has 2 aliphatic heterocycles. The van der Waals surface area contributed by atoms with Crippen LogP contribution in [0.5, 0.6) is 0 Å². The Hall–Kier alpha value is -0.160. The van der Waals surface area contributed by atoms with E-state index >= 15 is 0 Å². The maximum Gasteiger partial charge on any atom is 0.0900 e. The van der Waals surface area contributed by atoms with Crippen molar-refractivity contribution in [1.29, 1.82) is 0 Å². The second-order valence-corrected chi connectivity index (χ2v) is 5.66. The van der Waals surface area contributed by atoms with E-state index in [0.717, 1.165) is 13.1 Å². The summed E-state index contributed by atoms with van der Waals surface area (Å²) in [6.45, 7) is 7.07. The molecule has 4 nitrogen and oxygen atoms in total. The Morgan fingerprint density at radius 2 is 1.94 bits per heavy atom. The summed E-state index contributed by atoms with van der Waals surface area (Å²) in [7, 11) is 0. The van der Waals surface area contributed by atoms with E-state index in [-0.39, 0.29) is 6.10 Å². The minimum absolute atomic E-state index is 0.350. The quantitative estimate of drug-likeness (QED) is 0.713. The molecule has 0 aromatic heterocycles. The molecule has 2 rings (SSSR count). The van der Waals surface area contributed by atoms with Gasteiger partial charge in [-0.05, 0) is 39.2 Å². The number of fused-ring (bicyclic) bond motifs is 2. The lowest BCUT2D eigenvalue weighted by atomic mass is 9.98. The van der Waals surface area contributed by atoms with Crippen molar-refractivity contribution in [2.24, 2.45) is 0 Å². The number of hydrogen-bond acceptors (Lipinski definition) is 4. The second-order valence-electron chi connectivity index (χ2n) is 5.66. The predicted molar refractivity (Wildman–Crippen MR) is 72.7 cm³/mol. The second kappa shape index (κ2) is 6.85. The molecule has 0 aromatic carbocycles. The summed E-state index contributed by atoms with van der Waals surface area (Å²) in [6, 6.07) is 2.07. The van der Waals surface area contributed by atoms with Gasteiger partial charge in [0.2, 0.25) is 0 Å². The van der Waals surface area contributed by atoms with E-state index in [1.54, 1.807) is 0 Å². The first-order chi connectivity index (χ1) is 8.72. The van der Waals surface area contributed by atoms with E-state index in [1.807, 2.05) is 6.92 Å². The van der Waals surface area contributed by atoms with Crippen LogP contribution in [0.1, 0.15) is 39.5 Å². The molecule has 2 aliphatic rings. The van der Waals surface area contributed by atoms with Crippen molar-refractivity contribution in [2.45, 2.75) is 63.8 Å². The number of ether oxygens (including phenoxy) is 1. The van der Waals surface area contributed by atoms with Gasteiger partial charge in [0.15, 0.2) is 0 Å². The fourth-order valence-corrected chi connectivity index (χ4v) is 3.44. The van der Waals surface area contributed by atoms with Gasteiger partial charge in [0.1, 0.15) is 0 Å². The van der Waals surface area contributed by atoms with Crippen LogP contribution >= 0.6 is 0 Å². The topological polar surface area (TPSA) is 44.7 Å². The number of likely N-dealkylation sites (N-methyl/N-ethyl adjacent to an activating group) is 1. The van der Waals surface area contributed by atoms with Crippen molar-refractivity contribution in [3.63, 3.8) is 0 Å². The van der Waals surface area contributed by atoms with Crippen LogP contribution in [-0.2, 0) is 4.74 Å².